The fraction of sp³-hybridized carbons (Fsp3) is 0.643. The maximum absolute atomic E-state index is 13.0. The van der Waals surface area contributed by atoms with Crippen LogP contribution in [0, 0.1) is 18.8 Å². The molecule has 0 aromatic carbocycles. The van der Waals surface area contributed by atoms with Crippen molar-refractivity contribution in [2.75, 3.05) is 13.1 Å². The normalized spacial score (nSPS) is 22.5. The third-order valence-electron chi connectivity index (χ3n) is 3.99. The molecule has 0 spiro atoms. The first-order valence-electron chi connectivity index (χ1n) is 7.40. The van der Waals surface area contributed by atoms with E-state index in [-0.39, 0.29) is 0 Å². The molecule has 0 saturated carbocycles. The average molecular weight is 365 g/mol. The number of aliphatic carboxylic acids is 1. The third kappa shape index (κ3) is 3.97. The Morgan fingerprint density at radius 1 is 1.50 bits per heavy atom. The van der Waals surface area contributed by atoms with E-state index in [1.165, 1.54) is 11.3 Å². The fourth-order valence-corrected chi connectivity index (χ4v) is 3.59. The van der Waals surface area contributed by atoms with E-state index in [0.717, 1.165) is 10.6 Å². The number of thiazole rings is 1. The topological polar surface area (TPSA) is 82.5 Å². The van der Waals surface area contributed by atoms with Crippen LogP contribution in [0.1, 0.15) is 30.1 Å². The highest BCUT2D eigenvalue weighted by Gasteiger charge is 2.53. The number of halogens is 3. The van der Waals surface area contributed by atoms with Gasteiger partial charge in [0.05, 0.1) is 17.9 Å². The summed E-state index contributed by atoms with van der Waals surface area (Å²) in [7, 11) is 0. The van der Waals surface area contributed by atoms with Gasteiger partial charge in [-0.1, -0.05) is 6.92 Å². The smallest absolute Gasteiger partial charge is 0.394 e. The third-order valence-corrected chi connectivity index (χ3v) is 5.06. The standard InChI is InChI=1S/C14H18F3N3O3S/c1-3-10(11-18-7(2)6-24-11)19-13(23)20-4-8(12(21)22)9(5-20)14(15,16)17/h6,8-10H,3-5H2,1-2H3,(H,19,23)(H,21,22)/t8-,9-,10?/m1/s1. The Hall–Kier alpha value is -1.84. The molecule has 24 heavy (non-hydrogen) atoms. The highest BCUT2D eigenvalue weighted by molar-refractivity contribution is 7.09. The zero-order valence-corrected chi connectivity index (χ0v) is 13.9. The molecule has 1 aliphatic heterocycles. The Kier molecular flexibility index (Phi) is 5.36. The molecule has 1 aromatic rings. The van der Waals surface area contributed by atoms with Crippen molar-refractivity contribution in [2.24, 2.45) is 11.8 Å². The fourth-order valence-electron chi connectivity index (χ4n) is 2.66. The minimum atomic E-state index is -4.66. The van der Waals surface area contributed by atoms with E-state index >= 15 is 0 Å². The number of alkyl halides is 3. The van der Waals surface area contributed by atoms with Crippen molar-refractivity contribution in [1.82, 2.24) is 15.2 Å². The van der Waals surface area contributed by atoms with Crippen LogP contribution in [0.2, 0.25) is 0 Å². The maximum Gasteiger partial charge on any atom is 0.394 e. The lowest BCUT2D eigenvalue weighted by Gasteiger charge is -2.21. The molecule has 0 aliphatic carbocycles. The van der Waals surface area contributed by atoms with Gasteiger partial charge in [-0.2, -0.15) is 13.2 Å². The van der Waals surface area contributed by atoms with E-state index in [1.54, 1.807) is 6.92 Å². The number of hydrogen-bond acceptors (Lipinski definition) is 4. The van der Waals surface area contributed by atoms with Gasteiger partial charge in [-0.3, -0.25) is 4.79 Å². The zero-order chi connectivity index (χ0) is 18.1. The lowest BCUT2D eigenvalue weighted by atomic mass is 9.96. The maximum atomic E-state index is 13.0. The number of likely N-dealkylation sites (tertiary alicyclic amines) is 1. The molecular weight excluding hydrogens is 347 g/mol. The van der Waals surface area contributed by atoms with Crippen molar-refractivity contribution in [1.29, 1.82) is 0 Å². The highest BCUT2D eigenvalue weighted by atomic mass is 32.1. The molecule has 0 radical (unpaired) electrons. The van der Waals surface area contributed by atoms with Gasteiger partial charge >= 0.3 is 18.2 Å². The minimum Gasteiger partial charge on any atom is -0.481 e. The molecule has 6 nitrogen and oxygen atoms in total. The second-order valence-electron chi connectivity index (χ2n) is 5.74. The Morgan fingerprint density at radius 3 is 2.58 bits per heavy atom. The summed E-state index contributed by atoms with van der Waals surface area (Å²) >= 11 is 1.36. The number of aryl methyl sites for hydroxylation is 1. The van der Waals surface area contributed by atoms with Crippen LogP contribution in [0.3, 0.4) is 0 Å². The molecule has 2 amide bonds. The number of carboxylic acid groups (broad SMARTS) is 1. The van der Waals surface area contributed by atoms with Crippen LogP contribution in [0.25, 0.3) is 0 Å². The predicted molar refractivity (Wildman–Crippen MR) is 80.7 cm³/mol. The first kappa shape index (κ1) is 18.5. The quantitative estimate of drug-likeness (QED) is 0.860. The van der Waals surface area contributed by atoms with E-state index in [2.05, 4.69) is 10.3 Å². The number of aromatic nitrogens is 1. The SMILES string of the molecule is CCC(NC(=O)N1C[C@@H](C(F)(F)F)[C@H](C(=O)O)C1)c1nc(C)cs1. The van der Waals surface area contributed by atoms with Crippen LogP contribution in [-0.2, 0) is 4.79 Å². The Bertz CT molecular complexity index is 620. The van der Waals surface area contributed by atoms with Gasteiger partial charge in [-0.25, -0.2) is 9.78 Å². The molecular formula is C14H18F3N3O3S. The van der Waals surface area contributed by atoms with Crippen molar-refractivity contribution >= 4 is 23.3 Å². The van der Waals surface area contributed by atoms with Gasteiger partial charge in [0, 0.05) is 24.2 Å². The Morgan fingerprint density at radius 2 is 2.17 bits per heavy atom. The summed E-state index contributed by atoms with van der Waals surface area (Å²) in [5.74, 6) is -5.24. The van der Waals surface area contributed by atoms with Gasteiger partial charge in [0.15, 0.2) is 0 Å². The average Bonchev–Trinajstić information content (AvgIpc) is 3.10. The van der Waals surface area contributed by atoms with Gasteiger partial charge in [0.1, 0.15) is 5.01 Å². The summed E-state index contributed by atoms with van der Waals surface area (Å²) in [6.45, 7) is 2.52. The van der Waals surface area contributed by atoms with Gasteiger partial charge in [-0.15, -0.1) is 11.3 Å². The molecule has 134 valence electrons. The molecule has 1 unspecified atom stereocenters. The lowest BCUT2D eigenvalue weighted by Crippen LogP contribution is -2.41. The first-order valence-corrected chi connectivity index (χ1v) is 8.28. The molecule has 2 N–H and O–H groups in total. The summed E-state index contributed by atoms with van der Waals surface area (Å²) in [6, 6.07) is -1.11. The van der Waals surface area contributed by atoms with E-state index < -0.39 is 49.1 Å². The van der Waals surface area contributed by atoms with Gasteiger partial charge in [-0.05, 0) is 13.3 Å². The molecule has 2 heterocycles. The van der Waals surface area contributed by atoms with Crippen molar-refractivity contribution in [3.63, 3.8) is 0 Å². The van der Waals surface area contributed by atoms with Crippen molar-refractivity contribution in [3.8, 4) is 0 Å². The Balaban J connectivity index is 2.08. The number of urea groups is 1. The summed E-state index contributed by atoms with van der Waals surface area (Å²) in [5.41, 5.74) is 0.798. The number of amides is 2. The number of hydrogen-bond donors (Lipinski definition) is 2. The van der Waals surface area contributed by atoms with Crippen LogP contribution >= 0.6 is 11.3 Å². The Labute approximate surface area is 140 Å². The zero-order valence-electron chi connectivity index (χ0n) is 13.1. The van der Waals surface area contributed by atoms with Crippen molar-refractivity contribution < 1.29 is 27.9 Å². The number of carboxylic acids is 1. The number of nitrogens with one attached hydrogen (secondary N) is 1. The second kappa shape index (κ2) is 6.96. The summed E-state index contributed by atoms with van der Waals surface area (Å²) < 4.78 is 38.9. The number of rotatable bonds is 4. The summed E-state index contributed by atoms with van der Waals surface area (Å²) in [5, 5.41) is 14.1. The van der Waals surface area contributed by atoms with Crippen LogP contribution in [-0.4, -0.2) is 46.3 Å². The molecule has 10 heteroatoms. The molecule has 1 fully saturated rings. The van der Waals surface area contributed by atoms with Gasteiger partial charge < -0.3 is 15.3 Å². The predicted octanol–water partition coefficient (Wildman–Crippen LogP) is 2.81. The van der Waals surface area contributed by atoms with Crippen LogP contribution < -0.4 is 5.32 Å². The van der Waals surface area contributed by atoms with E-state index in [0.29, 0.717) is 11.4 Å². The van der Waals surface area contributed by atoms with Crippen molar-refractivity contribution in [3.05, 3.63) is 16.1 Å². The van der Waals surface area contributed by atoms with E-state index in [4.69, 9.17) is 5.11 Å². The summed E-state index contributed by atoms with van der Waals surface area (Å²) in [4.78, 5) is 28.5. The van der Waals surface area contributed by atoms with E-state index in [1.807, 2.05) is 12.3 Å². The first-order chi connectivity index (χ1) is 11.1. The molecule has 1 saturated heterocycles. The summed E-state index contributed by atoms with van der Waals surface area (Å²) in [6.07, 6.45) is -4.13. The molecule has 3 atom stereocenters. The molecule has 1 aromatic heterocycles. The van der Waals surface area contributed by atoms with Gasteiger partial charge in [0.25, 0.3) is 0 Å². The molecule has 0 bridgehead atoms. The number of carbonyl (C=O) groups is 2. The van der Waals surface area contributed by atoms with Crippen molar-refractivity contribution in [2.45, 2.75) is 32.5 Å². The lowest BCUT2D eigenvalue weighted by molar-refractivity contribution is -0.187. The van der Waals surface area contributed by atoms with Crippen LogP contribution in [0.5, 0.6) is 0 Å². The van der Waals surface area contributed by atoms with Crippen LogP contribution in [0.4, 0.5) is 18.0 Å². The van der Waals surface area contributed by atoms with E-state index in [9.17, 15) is 22.8 Å². The monoisotopic (exact) mass is 365 g/mol. The molecule has 1 aliphatic rings. The minimum absolute atomic E-state index is 0.413. The van der Waals surface area contributed by atoms with Gasteiger partial charge in [0.2, 0.25) is 0 Å². The largest absolute Gasteiger partial charge is 0.481 e. The number of nitrogens with zero attached hydrogens (tertiary/aromatic N) is 2. The van der Waals surface area contributed by atoms with Crippen LogP contribution in [0.15, 0.2) is 5.38 Å². The number of carbonyl (C=O) groups excluding carboxylic acids is 1. The molecule has 2 rings (SSSR count). The highest BCUT2D eigenvalue weighted by Crippen LogP contribution is 2.37. The second-order valence-corrected chi connectivity index (χ2v) is 6.62.